The molecule has 286 valence electrons. The molecule has 6 heterocycles. The van der Waals surface area contributed by atoms with Crippen molar-refractivity contribution in [2.75, 3.05) is 72.0 Å². The van der Waals surface area contributed by atoms with Gasteiger partial charge in [0.15, 0.2) is 0 Å². The second-order valence-corrected chi connectivity index (χ2v) is 17.2. The van der Waals surface area contributed by atoms with Gasteiger partial charge in [0, 0.05) is 88.5 Å². The molecular weight excluding hydrogens is 610 g/mol. The Morgan fingerprint density at radius 1 is 0.510 bits per heavy atom. The molecule has 4 unspecified atom stereocenters. The normalized spacial score (nSPS) is 29.2. The predicted molar refractivity (Wildman–Crippen MR) is 206 cm³/mol. The second kappa shape index (κ2) is 21.2. The fourth-order valence-corrected chi connectivity index (χ4v) is 8.44. The van der Waals surface area contributed by atoms with Crippen LogP contribution in [0.1, 0.15) is 127 Å². The molecule has 6 saturated heterocycles. The molecule has 0 aromatic heterocycles. The molecule has 9 heteroatoms. The topological polar surface area (TPSA) is 65.6 Å². The van der Waals surface area contributed by atoms with Crippen LogP contribution in [-0.2, 0) is 4.79 Å². The molecule has 6 aliphatic heterocycles. The largest absolute Gasteiger partial charge is 0.338 e. The smallest absolute Gasteiger partial charge is 0.317 e. The molecule has 0 aliphatic carbocycles. The lowest BCUT2D eigenvalue weighted by Crippen LogP contribution is -2.50. The maximum atomic E-state index is 11.7. The van der Waals surface area contributed by atoms with E-state index in [1.165, 1.54) is 77.8 Å². The molecule has 0 aromatic rings. The van der Waals surface area contributed by atoms with Crippen LogP contribution in [0.5, 0.6) is 0 Å². The highest BCUT2D eigenvalue weighted by molar-refractivity contribution is 5.78. The van der Waals surface area contributed by atoms with Crippen LogP contribution in [0.25, 0.3) is 0 Å². The quantitative estimate of drug-likeness (QED) is 0.357. The average Bonchev–Trinajstić information content (AvgIpc) is 3.83. The fraction of sp³-hybridized carbons (Fsp3) is 0.950. The van der Waals surface area contributed by atoms with E-state index in [2.05, 4.69) is 99.1 Å². The molecule has 4 atom stereocenters. The van der Waals surface area contributed by atoms with Gasteiger partial charge in [-0.2, -0.15) is 0 Å². The lowest BCUT2D eigenvalue weighted by molar-refractivity contribution is -0.130. The van der Waals surface area contributed by atoms with E-state index >= 15 is 0 Å². The number of nitrogens with one attached hydrogen (secondary N) is 1. The van der Waals surface area contributed by atoms with Gasteiger partial charge in [0.1, 0.15) is 0 Å². The number of likely N-dealkylation sites (tertiary alicyclic amines) is 5. The Kier molecular flexibility index (Phi) is 18.2. The first-order valence-electron chi connectivity index (χ1n) is 20.6. The van der Waals surface area contributed by atoms with Crippen LogP contribution in [0.3, 0.4) is 0 Å². The lowest BCUT2D eigenvalue weighted by Gasteiger charge is -2.39. The van der Waals surface area contributed by atoms with Gasteiger partial charge in [0.05, 0.1) is 0 Å². The molecule has 3 amide bonds. The molecule has 0 saturated carbocycles. The Labute approximate surface area is 302 Å². The highest BCUT2D eigenvalue weighted by Crippen LogP contribution is 2.23. The number of rotatable bonds is 6. The summed E-state index contributed by atoms with van der Waals surface area (Å²) in [5.74, 6) is 2.24. The third-order valence-electron chi connectivity index (χ3n) is 11.8. The summed E-state index contributed by atoms with van der Waals surface area (Å²) in [5.41, 5.74) is 0. The molecule has 9 nitrogen and oxygen atoms in total. The highest BCUT2D eigenvalue weighted by atomic mass is 16.2. The zero-order chi connectivity index (χ0) is 36.1. The summed E-state index contributed by atoms with van der Waals surface area (Å²) in [4.78, 5) is 37.4. The number of nitrogens with zero attached hydrogens (tertiary/aromatic N) is 6. The van der Waals surface area contributed by atoms with Crippen molar-refractivity contribution >= 4 is 11.9 Å². The van der Waals surface area contributed by atoms with Crippen LogP contribution in [0, 0.1) is 11.8 Å². The van der Waals surface area contributed by atoms with Gasteiger partial charge in [0.2, 0.25) is 5.91 Å². The Hall–Kier alpha value is -1.42. The van der Waals surface area contributed by atoms with Crippen LogP contribution >= 0.6 is 0 Å². The summed E-state index contributed by atoms with van der Waals surface area (Å²) in [6.07, 6.45) is 10.9. The predicted octanol–water partition coefficient (Wildman–Crippen LogP) is 6.23. The van der Waals surface area contributed by atoms with Gasteiger partial charge in [-0.15, -0.1) is 0 Å². The van der Waals surface area contributed by atoms with Crippen molar-refractivity contribution < 1.29 is 9.59 Å². The van der Waals surface area contributed by atoms with Gasteiger partial charge in [-0.1, -0.05) is 13.8 Å². The van der Waals surface area contributed by atoms with E-state index in [0.717, 1.165) is 75.9 Å². The Bertz CT molecular complexity index is 909. The molecule has 6 rings (SSSR count). The number of hydrogen-bond acceptors (Lipinski definition) is 6. The first-order chi connectivity index (χ1) is 23.3. The highest BCUT2D eigenvalue weighted by Gasteiger charge is 2.33. The number of piperidine rings is 3. The lowest BCUT2D eigenvalue weighted by atomic mass is 9.99. The third kappa shape index (κ3) is 13.9. The molecule has 0 radical (unpaired) electrons. The molecule has 6 fully saturated rings. The molecule has 1 N–H and O–H groups in total. The minimum Gasteiger partial charge on any atom is -0.338 e. The van der Waals surface area contributed by atoms with Gasteiger partial charge in [-0.25, -0.2) is 4.79 Å². The molecular formula is C40H79N7O2. The van der Waals surface area contributed by atoms with Crippen LogP contribution in [0.2, 0.25) is 0 Å². The van der Waals surface area contributed by atoms with E-state index < -0.39 is 0 Å². The second-order valence-electron chi connectivity index (χ2n) is 17.2. The van der Waals surface area contributed by atoms with Crippen LogP contribution in [0.15, 0.2) is 0 Å². The molecule has 49 heavy (non-hydrogen) atoms. The van der Waals surface area contributed by atoms with E-state index in [-0.39, 0.29) is 6.03 Å². The van der Waals surface area contributed by atoms with E-state index in [4.69, 9.17) is 0 Å². The fourth-order valence-electron chi connectivity index (χ4n) is 8.44. The number of hydrogen-bond donors (Lipinski definition) is 1. The summed E-state index contributed by atoms with van der Waals surface area (Å²) in [6.45, 7) is 35.3. The Balaban J connectivity index is 0.000000181. The van der Waals surface area contributed by atoms with E-state index in [1.54, 1.807) is 0 Å². The maximum Gasteiger partial charge on any atom is 0.317 e. The maximum absolute atomic E-state index is 11.7. The molecule has 6 aliphatic rings. The van der Waals surface area contributed by atoms with Gasteiger partial charge in [0.25, 0.3) is 0 Å². The van der Waals surface area contributed by atoms with Crippen LogP contribution in [-0.4, -0.2) is 150 Å². The third-order valence-corrected chi connectivity index (χ3v) is 11.8. The van der Waals surface area contributed by atoms with Crippen LogP contribution < -0.4 is 5.32 Å². The monoisotopic (exact) mass is 690 g/mol. The van der Waals surface area contributed by atoms with E-state index in [9.17, 15) is 9.59 Å². The van der Waals surface area contributed by atoms with Crippen molar-refractivity contribution in [1.29, 1.82) is 0 Å². The zero-order valence-electron chi connectivity index (χ0n) is 33.8. The Morgan fingerprint density at radius 3 is 1.33 bits per heavy atom. The zero-order valence-corrected chi connectivity index (χ0v) is 33.8. The minimum absolute atomic E-state index is 0.130. The van der Waals surface area contributed by atoms with Crippen molar-refractivity contribution in [2.24, 2.45) is 11.8 Å². The standard InChI is InChI=1S/C12H22N2O.C11H21N3O.C9H19N.C8H17N/c1-10(2)13-7-3-5-11(9-13)14-8-4-6-12(14)15;1-9(2)13-6-3-4-10(8-13)14-7-5-12-11(14)15;1-8(2)10-6-4-5-9(3)7-10;1-7(2)9-5-4-8(3)6-9/h10-11H,3-9H2,1-2H3;9-10H,3-8H2,1-2H3,(H,12,15);8-9H,4-7H2,1-3H3;7-8H,4-6H2,1-3H3. The van der Waals surface area contributed by atoms with Gasteiger partial charge >= 0.3 is 6.03 Å². The summed E-state index contributed by atoms with van der Waals surface area (Å²) >= 11 is 0. The summed E-state index contributed by atoms with van der Waals surface area (Å²) in [6, 6.07) is 3.78. The van der Waals surface area contributed by atoms with Gasteiger partial charge < -0.3 is 24.9 Å². The van der Waals surface area contributed by atoms with Crippen molar-refractivity contribution in [2.45, 2.75) is 163 Å². The van der Waals surface area contributed by atoms with Crippen molar-refractivity contribution in [1.82, 2.24) is 34.7 Å². The van der Waals surface area contributed by atoms with Crippen molar-refractivity contribution in [3.63, 3.8) is 0 Å². The van der Waals surface area contributed by atoms with Gasteiger partial charge in [-0.05, 0) is 145 Å². The Morgan fingerprint density at radius 2 is 0.959 bits per heavy atom. The number of amides is 3. The van der Waals surface area contributed by atoms with Crippen molar-refractivity contribution in [3.05, 3.63) is 0 Å². The number of carbonyl (C=O) groups excluding carboxylic acids is 2. The van der Waals surface area contributed by atoms with Crippen LogP contribution in [0.4, 0.5) is 4.79 Å². The SMILES string of the molecule is CC(C)N1CCCC(N2CCCC2=O)C1.CC(C)N1CCCC(N2CCNC2=O)C1.CC1CCCN(C(C)C)C1.CC1CCN(C(C)C)C1. The number of urea groups is 1. The molecule has 0 bridgehead atoms. The van der Waals surface area contributed by atoms with Gasteiger partial charge in [-0.3, -0.25) is 14.6 Å². The summed E-state index contributed by atoms with van der Waals surface area (Å²) in [7, 11) is 0. The van der Waals surface area contributed by atoms with E-state index in [1.807, 2.05) is 4.90 Å². The average molecular weight is 690 g/mol. The summed E-state index contributed by atoms with van der Waals surface area (Å²) in [5, 5.41) is 2.88. The van der Waals surface area contributed by atoms with Crippen molar-refractivity contribution in [3.8, 4) is 0 Å². The number of carbonyl (C=O) groups is 2. The van der Waals surface area contributed by atoms with E-state index in [0.29, 0.717) is 30.1 Å². The summed E-state index contributed by atoms with van der Waals surface area (Å²) < 4.78 is 0. The molecule has 0 aromatic carbocycles. The molecule has 0 spiro atoms. The first kappa shape index (κ1) is 42.0. The first-order valence-corrected chi connectivity index (χ1v) is 20.6. The minimum atomic E-state index is 0.130.